The second-order valence-electron chi connectivity index (χ2n) is 7.04. The van der Waals surface area contributed by atoms with E-state index < -0.39 is 12.0 Å². The van der Waals surface area contributed by atoms with E-state index in [2.05, 4.69) is 17.9 Å². The van der Waals surface area contributed by atoms with E-state index in [1.165, 1.54) is 11.8 Å². The predicted molar refractivity (Wildman–Crippen MR) is 124 cm³/mol. The van der Waals surface area contributed by atoms with Crippen molar-refractivity contribution in [3.63, 3.8) is 0 Å². The highest BCUT2D eigenvalue weighted by Crippen LogP contribution is 2.18. The zero-order chi connectivity index (χ0) is 21.2. The molecule has 0 aliphatic carbocycles. The topological polar surface area (TPSA) is 69.6 Å². The van der Waals surface area contributed by atoms with E-state index in [9.17, 15) is 14.7 Å². The summed E-state index contributed by atoms with van der Waals surface area (Å²) in [6, 6.07) is 16.9. The average Bonchev–Trinajstić information content (AvgIpc) is 2.72. The lowest BCUT2D eigenvalue weighted by molar-refractivity contribution is -0.141. The van der Waals surface area contributed by atoms with Crippen molar-refractivity contribution >= 4 is 42.0 Å². The smallest absolute Gasteiger partial charge is 0.327 e. The van der Waals surface area contributed by atoms with E-state index in [1.807, 2.05) is 73.6 Å². The van der Waals surface area contributed by atoms with Crippen molar-refractivity contribution in [3.8, 4) is 0 Å². The number of hydrogen-bond acceptors (Lipinski definition) is 5. The Balaban J connectivity index is 1.88. The number of aliphatic carboxylic acids is 1. The van der Waals surface area contributed by atoms with Crippen LogP contribution < -0.4 is 10.2 Å². The molecule has 29 heavy (non-hydrogen) atoms. The van der Waals surface area contributed by atoms with Gasteiger partial charge in [-0.25, -0.2) is 4.79 Å². The van der Waals surface area contributed by atoms with Gasteiger partial charge in [0.25, 0.3) is 0 Å². The minimum Gasteiger partial charge on any atom is -0.480 e. The normalized spacial score (nSPS) is 12.8. The molecule has 0 heterocycles. The van der Waals surface area contributed by atoms with Crippen molar-refractivity contribution in [2.24, 2.45) is 5.92 Å². The standard InChI is InChI=1S/C22H28N2O3S2/c1-24(2)19-10-8-17(9-11-19)14-29-15-20(22(26)27)23-21(25)18(13-28)12-16-6-4-3-5-7-16/h3-11,18,20,28H,12-15H2,1-2H3,(H,23,25)(H,26,27)/t18?,20-/m0/s1. The molecular formula is C22H28N2O3S2. The van der Waals surface area contributed by atoms with Crippen LogP contribution in [0.4, 0.5) is 5.69 Å². The third-order valence-corrected chi connectivity index (χ3v) is 6.08. The van der Waals surface area contributed by atoms with Crippen LogP contribution in [0.15, 0.2) is 54.6 Å². The number of carboxylic acid groups (broad SMARTS) is 1. The largest absolute Gasteiger partial charge is 0.480 e. The number of rotatable bonds is 11. The summed E-state index contributed by atoms with van der Waals surface area (Å²) in [6.07, 6.45) is 0.536. The maximum atomic E-state index is 12.6. The van der Waals surface area contributed by atoms with Gasteiger partial charge in [-0.1, -0.05) is 42.5 Å². The maximum absolute atomic E-state index is 12.6. The lowest BCUT2D eigenvalue weighted by Crippen LogP contribution is -2.46. The van der Waals surface area contributed by atoms with Gasteiger partial charge in [0, 0.05) is 37.0 Å². The Hall–Kier alpha value is -2.12. The van der Waals surface area contributed by atoms with Crippen molar-refractivity contribution < 1.29 is 14.7 Å². The fourth-order valence-corrected chi connectivity index (χ4v) is 4.09. The van der Waals surface area contributed by atoms with Gasteiger partial charge < -0.3 is 15.3 Å². The van der Waals surface area contributed by atoms with Crippen LogP contribution in [-0.4, -0.2) is 48.6 Å². The van der Waals surface area contributed by atoms with Gasteiger partial charge in [-0.2, -0.15) is 24.4 Å². The second kappa shape index (κ2) is 11.8. The number of amides is 1. The molecule has 2 aromatic carbocycles. The fraction of sp³-hybridized carbons (Fsp3) is 0.364. The van der Waals surface area contributed by atoms with Gasteiger partial charge in [-0.3, -0.25) is 4.79 Å². The molecule has 1 amide bonds. The number of hydrogen-bond donors (Lipinski definition) is 3. The van der Waals surface area contributed by atoms with Crippen LogP contribution in [-0.2, 0) is 21.8 Å². The van der Waals surface area contributed by atoms with Crippen LogP contribution in [0.25, 0.3) is 0 Å². The predicted octanol–water partition coefficient (Wildman–Crippen LogP) is 3.34. The maximum Gasteiger partial charge on any atom is 0.327 e. The number of nitrogens with one attached hydrogen (secondary N) is 1. The minimum absolute atomic E-state index is 0.271. The van der Waals surface area contributed by atoms with Crippen LogP contribution in [0, 0.1) is 5.92 Å². The molecule has 0 bridgehead atoms. The molecule has 0 fully saturated rings. The fourth-order valence-electron chi connectivity index (χ4n) is 2.79. The minimum atomic E-state index is -1.02. The monoisotopic (exact) mass is 432 g/mol. The van der Waals surface area contributed by atoms with Crippen molar-refractivity contribution in [3.05, 3.63) is 65.7 Å². The molecule has 1 unspecified atom stereocenters. The van der Waals surface area contributed by atoms with Gasteiger partial charge in [-0.15, -0.1) is 0 Å². The van der Waals surface area contributed by atoms with E-state index >= 15 is 0 Å². The zero-order valence-electron chi connectivity index (χ0n) is 16.7. The van der Waals surface area contributed by atoms with Crippen LogP contribution in [0.5, 0.6) is 0 Å². The number of carboxylic acids is 1. The molecule has 0 aliphatic rings. The molecule has 2 N–H and O–H groups in total. The van der Waals surface area contributed by atoms with Crippen molar-refractivity contribution in [1.82, 2.24) is 5.32 Å². The highest BCUT2D eigenvalue weighted by molar-refractivity contribution is 7.98. The number of benzene rings is 2. The number of thiol groups is 1. The van der Waals surface area contributed by atoms with Crippen molar-refractivity contribution in [2.75, 3.05) is 30.5 Å². The quantitative estimate of drug-likeness (QED) is 0.475. The summed E-state index contributed by atoms with van der Waals surface area (Å²) in [5, 5.41) is 12.2. The molecule has 2 atom stereocenters. The molecule has 0 saturated carbocycles. The van der Waals surface area contributed by atoms with Crippen molar-refractivity contribution in [1.29, 1.82) is 0 Å². The molecule has 2 aromatic rings. The Morgan fingerprint density at radius 3 is 2.28 bits per heavy atom. The summed E-state index contributed by atoms with van der Waals surface area (Å²) in [5.74, 6) is -0.308. The van der Waals surface area contributed by atoms with Crippen LogP contribution in [0.2, 0.25) is 0 Å². The Labute approximate surface area is 182 Å². The zero-order valence-corrected chi connectivity index (χ0v) is 18.5. The first kappa shape index (κ1) is 23.2. The molecule has 0 aliphatic heterocycles. The number of nitrogens with zero attached hydrogens (tertiary/aromatic N) is 1. The summed E-state index contributed by atoms with van der Waals surface area (Å²) in [6.45, 7) is 0. The summed E-state index contributed by atoms with van der Waals surface area (Å²) < 4.78 is 0. The molecule has 7 heteroatoms. The van der Waals surface area contributed by atoms with E-state index in [1.54, 1.807) is 0 Å². The van der Waals surface area contributed by atoms with Crippen LogP contribution in [0.1, 0.15) is 11.1 Å². The Kier molecular flexibility index (Phi) is 9.41. The molecule has 0 spiro atoms. The van der Waals surface area contributed by atoms with E-state index in [0.717, 1.165) is 16.8 Å². The van der Waals surface area contributed by atoms with Gasteiger partial charge in [0.05, 0.1) is 5.92 Å². The molecule has 5 nitrogen and oxygen atoms in total. The molecule has 2 rings (SSSR count). The molecule has 156 valence electrons. The first-order valence-electron chi connectivity index (χ1n) is 9.42. The molecule has 0 saturated heterocycles. The van der Waals surface area contributed by atoms with Crippen LogP contribution in [0.3, 0.4) is 0 Å². The number of thioether (sulfide) groups is 1. The number of carbonyl (C=O) groups is 2. The molecule has 0 aromatic heterocycles. The van der Waals surface area contributed by atoms with Gasteiger partial charge in [0.1, 0.15) is 6.04 Å². The lowest BCUT2D eigenvalue weighted by Gasteiger charge is -2.19. The first-order chi connectivity index (χ1) is 13.9. The summed E-state index contributed by atoms with van der Waals surface area (Å²) in [4.78, 5) is 26.2. The number of anilines is 1. The summed E-state index contributed by atoms with van der Waals surface area (Å²) >= 11 is 5.78. The van der Waals surface area contributed by atoms with Gasteiger partial charge in [0.2, 0.25) is 5.91 Å². The highest BCUT2D eigenvalue weighted by atomic mass is 32.2. The SMILES string of the molecule is CN(C)c1ccc(CSC[C@H](NC(=O)C(CS)Cc2ccccc2)C(=O)O)cc1. The summed E-state index contributed by atoms with van der Waals surface area (Å²) in [5.41, 5.74) is 3.27. The Morgan fingerprint density at radius 1 is 1.07 bits per heavy atom. The molecular weight excluding hydrogens is 404 g/mol. The first-order valence-corrected chi connectivity index (χ1v) is 11.2. The third-order valence-electron chi connectivity index (χ3n) is 4.54. The average molecular weight is 433 g/mol. The molecule has 0 radical (unpaired) electrons. The van der Waals surface area contributed by atoms with Gasteiger partial charge in [0.15, 0.2) is 0 Å². The van der Waals surface area contributed by atoms with E-state index in [0.29, 0.717) is 23.7 Å². The van der Waals surface area contributed by atoms with E-state index in [4.69, 9.17) is 0 Å². The van der Waals surface area contributed by atoms with Crippen molar-refractivity contribution in [2.45, 2.75) is 18.2 Å². The highest BCUT2D eigenvalue weighted by Gasteiger charge is 2.24. The van der Waals surface area contributed by atoms with E-state index in [-0.39, 0.29) is 11.8 Å². The Bertz CT molecular complexity index is 782. The third kappa shape index (κ3) is 7.66. The Morgan fingerprint density at radius 2 is 1.72 bits per heavy atom. The van der Waals surface area contributed by atoms with Gasteiger partial charge >= 0.3 is 5.97 Å². The lowest BCUT2D eigenvalue weighted by atomic mass is 10.00. The van der Waals surface area contributed by atoms with Gasteiger partial charge in [-0.05, 0) is 29.7 Å². The number of carbonyl (C=O) groups excluding carboxylic acids is 1. The second-order valence-corrected chi connectivity index (χ2v) is 8.44. The summed E-state index contributed by atoms with van der Waals surface area (Å²) in [7, 11) is 3.97. The van der Waals surface area contributed by atoms with Crippen LogP contribution >= 0.6 is 24.4 Å².